The van der Waals surface area contributed by atoms with Crippen molar-refractivity contribution in [1.82, 2.24) is 0 Å². The number of hydrogen-bond acceptors (Lipinski definition) is 3. The number of nitrogens with one attached hydrogen (secondary N) is 2. The fourth-order valence-electron chi connectivity index (χ4n) is 7.21. The van der Waals surface area contributed by atoms with Crippen LogP contribution < -0.4 is 10.6 Å². The number of aromatic carboxylic acids is 1. The fourth-order valence-corrected chi connectivity index (χ4v) is 7.21. The highest BCUT2D eigenvalue weighted by atomic mass is 16.4. The second-order valence-corrected chi connectivity index (χ2v) is 10.8. The van der Waals surface area contributed by atoms with Gasteiger partial charge in [0.25, 0.3) is 5.91 Å². The van der Waals surface area contributed by atoms with Gasteiger partial charge >= 0.3 is 5.97 Å². The van der Waals surface area contributed by atoms with E-state index in [-0.39, 0.29) is 11.5 Å². The number of benzene rings is 3. The highest BCUT2D eigenvalue weighted by Crippen LogP contribution is 2.60. The van der Waals surface area contributed by atoms with Crippen LogP contribution in [0.25, 0.3) is 0 Å². The lowest BCUT2D eigenvalue weighted by Crippen LogP contribution is -2.48. The van der Waals surface area contributed by atoms with Gasteiger partial charge in [-0.25, -0.2) is 4.79 Å². The first-order valence-corrected chi connectivity index (χ1v) is 12.6. The summed E-state index contributed by atoms with van der Waals surface area (Å²) >= 11 is 0. The van der Waals surface area contributed by atoms with Crippen LogP contribution in [-0.2, 0) is 5.41 Å². The third-order valence-electron chi connectivity index (χ3n) is 8.38. The highest BCUT2D eigenvalue weighted by molar-refractivity contribution is 6.04. The number of rotatable bonds is 6. The molecule has 35 heavy (non-hydrogen) atoms. The van der Waals surface area contributed by atoms with Crippen molar-refractivity contribution in [2.75, 3.05) is 10.6 Å². The van der Waals surface area contributed by atoms with E-state index in [1.54, 1.807) is 24.3 Å². The van der Waals surface area contributed by atoms with Crippen LogP contribution in [0.1, 0.15) is 64.8 Å². The van der Waals surface area contributed by atoms with E-state index in [1.165, 1.54) is 44.1 Å². The minimum Gasteiger partial charge on any atom is -0.478 e. The molecule has 3 aromatic rings. The fraction of sp³-hybridized carbons (Fsp3) is 0.333. The summed E-state index contributed by atoms with van der Waals surface area (Å²) in [5, 5.41) is 15.5. The summed E-state index contributed by atoms with van der Waals surface area (Å²) in [5.74, 6) is 1.60. The van der Waals surface area contributed by atoms with Gasteiger partial charge in [0.1, 0.15) is 0 Å². The van der Waals surface area contributed by atoms with E-state index in [4.69, 9.17) is 0 Å². The van der Waals surface area contributed by atoms with Gasteiger partial charge in [-0.2, -0.15) is 0 Å². The summed E-state index contributed by atoms with van der Waals surface area (Å²) in [6.45, 7) is 0. The summed E-state index contributed by atoms with van der Waals surface area (Å²) in [6.07, 6.45) is 8.26. The van der Waals surface area contributed by atoms with Crippen LogP contribution in [0, 0.1) is 17.8 Å². The smallest absolute Gasteiger partial charge is 0.337 e. The molecule has 0 saturated heterocycles. The largest absolute Gasteiger partial charge is 0.478 e. The molecule has 4 aliphatic carbocycles. The van der Waals surface area contributed by atoms with Gasteiger partial charge in [0.2, 0.25) is 0 Å². The summed E-state index contributed by atoms with van der Waals surface area (Å²) in [4.78, 5) is 24.3. The van der Waals surface area contributed by atoms with Crippen molar-refractivity contribution in [3.05, 3.63) is 89.5 Å². The highest BCUT2D eigenvalue weighted by Gasteiger charge is 2.51. The number of amides is 1. The molecule has 5 nitrogen and oxygen atoms in total. The first-order chi connectivity index (χ1) is 17.0. The Hall–Kier alpha value is -3.60. The summed E-state index contributed by atoms with van der Waals surface area (Å²) in [6, 6.07) is 22.4. The number of carbonyl (C=O) groups is 2. The first kappa shape index (κ1) is 21.9. The molecular weight excluding hydrogens is 436 g/mol. The van der Waals surface area contributed by atoms with E-state index in [2.05, 4.69) is 22.8 Å². The number of carboxylic acids is 1. The van der Waals surface area contributed by atoms with E-state index in [0.29, 0.717) is 22.4 Å². The van der Waals surface area contributed by atoms with Gasteiger partial charge in [-0.15, -0.1) is 0 Å². The number of carbonyl (C=O) groups excluding carboxylic acids is 1. The van der Waals surface area contributed by atoms with Crippen molar-refractivity contribution in [2.45, 2.75) is 43.9 Å². The maximum Gasteiger partial charge on any atom is 0.337 e. The average Bonchev–Trinajstić information content (AvgIpc) is 2.85. The molecular formula is C30H30N2O3. The Bertz CT molecular complexity index is 1230. The monoisotopic (exact) mass is 466 g/mol. The molecule has 4 saturated carbocycles. The molecule has 0 unspecified atom stereocenters. The molecule has 1 amide bonds. The van der Waals surface area contributed by atoms with Gasteiger partial charge in [0, 0.05) is 16.9 Å². The molecule has 4 bridgehead atoms. The van der Waals surface area contributed by atoms with Crippen LogP contribution in [0.3, 0.4) is 0 Å². The number of carboxylic acid groups (broad SMARTS) is 1. The normalized spacial score (nSPS) is 26.3. The third-order valence-corrected chi connectivity index (χ3v) is 8.38. The molecule has 0 aliphatic heterocycles. The van der Waals surface area contributed by atoms with Crippen LogP contribution in [0.4, 0.5) is 17.1 Å². The number of para-hydroxylation sites is 1. The van der Waals surface area contributed by atoms with Crippen molar-refractivity contribution < 1.29 is 14.7 Å². The maximum atomic E-state index is 12.9. The predicted octanol–water partition coefficient (Wildman–Crippen LogP) is 6.85. The summed E-state index contributed by atoms with van der Waals surface area (Å²) in [5.41, 5.74) is 4.60. The molecule has 0 heterocycles. The van der Waals surface area contributed by atoms with E-state index < -0.39 is 5.97 Å². The number of hydrogen-bond donors (Lipinski definition) is 3. The lowest BCUT2D eigenvalue weighted by atomic mass is 9.48. The Morgan fingerprint density at radius 3 is 1.91 bits per heavy atom. The van der Waals surface area contributed by atoms with Crippen LogP contribution in [0.5, 0.6) is 0 Å². The van der Waals surface area contributed by atoms with Gasteiger partial charge in [-0.05, 0) is 116 Å². The SMILES string of the molecule is O=C(Nc1ccc(Nc2ccccc2C(=O)O)cc1)c1ccc(C23CC4CC(CC(C4)C2)C3)cc1. The average molecular weight is 467 g/mol. The van der Waals surface area contributed by atoms with Gasteiger partial charge in [-0.3, -0.25) is 4.79 Å². The van der Waals surface area contributed by atoms with E-state index in [0.717, 1.165) is 23.4 Å². The van der Waals surface area contributed by atoms with Gasteiger partial charge in [0.15, 0.2) is 0 Å². The third kappa shape index (κ3) is 4.20. The second kappa shape index (κ2) is 8.56. The van der Waals surface area contributed by atoms with Crippen molar-refractivity contribution >= 4 is 28.9 Å². The minimum atomic E-state index is -0.980. The standard InChI is InChI=1S/C30H30N2O3/c33-28(32-25-11-9-24(10-12-25)31-27-4-2-1-3-26(27)29(34)35)22-5-7-23(8-6-22)30-16-19-13-20(17-30)15-21(14-19)18-30/h1-12,19-21,31H,13-18H2,(H,32,33)(H,34,35). The lowest BCUT2D eigenvalue weighted by molar-refractivity contribution is -0.00519. The summed E-state index contributed by atoms with van der Waals surface area (Å²) in [7, 11) is 0. The Kier molecular flexibility index (Phi) is 5.36. The van der Waals surface area contributed by atoms with Gasteiger partial charge in [0.05, 0.1) is 11.3 Å². The Morgan fingerprint density at radius 2 is 1.31 bits per heavy atom. The van der Waals surface area contributed by atoms with Crippen molar-refractivity contribution in [3.8, 4) is 0 Å². The number of anilines is 3. The van der Waals surface area contributed by atoms with Crippen LogP contribution in [-0.4, -0.2) is 17.0 Å². The molecule has 0 radical (unpaired) electrons. The molecule has 7 rings (SSSR count). The Balaban J connectivity index is 1.12. The molecule has 3 aromatic carbocycles. The van der Waals surface area contributed by atoms with Crippen LogP contribution in [0.2, 0.25) is 0 Å². The molecule has 0 aromatic heterocycles. The molecule has 178 valence electrons. The summed E-state index contributed by atoms with van der Waals surface area (Å²) < 4.78 is 0. The molecule has 0 atom stereocenters. The van der Waals surface area contributed by atoms with Gasteiger partial charge in [-0.1, -0.05) is 24.3 Å². The molecule has 5 heteroatoms. The zero-order valence-corrected chi connectivity index (χ0v) is 19.7. The van der Waals surface area contributed by atoms with E-state index in [9.17, 15) is 14.7 Å². The van der Waals surface area contributed by atoms with Crippen LogP contribution in [0.15, 0.2) is 72.8 Å². The van der Waals surface area contributed by atoms with E-state index in [1.807, 2.05) is 36.4 Å². The maximum absolute atomic E-state index is 12.9. The van der Waals surface area contributed by atoms with E-state index >= 15 is 0 Å². The topological polar surface area (TPSA) is 78.4 Å². The molecule has 0 spiro atoms. The Labute approximate surface area is 205 Å². The van der Waals surface area contributed by atoms with Crippen molar-refractivity contribution in [3.63, 3.8) is 0 Å². The molecule has 3 N–H and O–H groups in total. The first-order valence-electron chi connectivity index (χ1n) is 12.6. The zero-order chi connectivity index (χ0) is 24.0. The quantitative estimate of drug-likeness (QED) is 0.371. The molecule has 4 aliphatic rings. The van der Waals surface area contributed by atoms with Crippen molar-refractivity contribution in [1.29, 1.82) is 0 Å². The Morgan fingerprint density at radius 1 is 0.743 bits per heavy atom. The molecule has 4 fully saturated rings. The van der Waals surface area contributed by atoms with Crippen molar-refractivity contribution in [2.24, 2.45) is 17.8 Å². The predicted molar refractivity (Wildman–Crippen MR) is 137 cm³/mol. The zero-order valence-electron chi connectivity index (χ0n) is 19.7. The second-order valence-electron chi connectivity index (χ2n) is 10.8. The van der Waals surface area contributed by atoms with Gasteiger partial charge < -0.3 is 15.7 Å². The lowest BCUT2D eigenvalue weighted by Gasteiger charge is -2.57. The minimum absolute atomic E-state index is 0.126. The van der Waals surface area contributed by atoms with Crippen LogP contribution >= 0.6 is 0 Å².